The van der Waals surface area contributed by atoms with Gasteiger partial charge in [0.2, 0.25) is 15.9 Å². The standard InChI is InChI=1S/C18H26F2N2O5S/c1-26-11-10-21(13-17(19)20)18(23)14-4-3-9-22(12-14)28(24,25)16-7-5-15(27-2)6-8-16/h5-8,14,17H,3-4,9-13H2,1-2H3. The number of nitrogens with zero attached hydrogens (tertiary/aromatic N) is 2. The fourth-order valence-electron chi connectivity index (χ4n) is 3.18. The summed E-state index contributed by atoms with van der Waals surface area (Å²) in [5.41, 5.74) is 0. The third-order valence-corrected chi connectivity index (χ3v) is 6.55. The number of benzene rings is 1. The van der Waals surface area contributed by atoms with E-state index in [0.717, 1.165) is 4.90 Å². The largest absolute Gasteiger partial charge is 0.497 e. The zero-order valence-corrected chi connectivity index (χ0v) is 16.8. The molecule has 1 unspecified atom stereocenters. The van der Waals surface area contributed by atoms with Crippen LogP contribution in [0.4, 0.5) is 8.78 Å². The van der Waals surface area contributed by atoms with E-state index in [1.54, 1.807) is 12.1 Å². The Labute approximate surface area is 164 Å². The molecule has 1 atom stereocenters. The second kappa shape index (κ2) is 10.1. The van der Waals surface area contributed by atoms with Crippen LogP contribution in [0.15, 0.2) is 29.2 Å². The maximum Gasteiger partial charge on any atom is 0.255 e. The summed E-state index contributed by atoms with van der Waals surface area (Å²) in [6.07, 6.45) is -1.72. The molecule has 0 spiro atoms. The lowest BCUT2D eigenvalue weighted by atomic mass is 9.98. The molecular formula is C18H26F2N2O5S. The Morgan fingerprint density at radius 3 is 2.54 bits per heavy atom. The molecule has 28 heavy (non-hydrogen) atoms. The number of carbonyl (C=O) groups is 1. The molecular weight excluding hydrogens is 394 g/mol. The summed E-state index contributed by atoms with van der Waals surface area (Å²) in [6, 6.07) is 5.99. The third-order valence-electron chi connectivity index (χ3n) is 4.67. The third kappa shape index (κ3) is 5.62. The highest BCUT2D eigenvalue weighted by atomic mass is 32.2. The van der Waals surface area contributed by atoms with E-state index in [2.05, 4.69) is 0 Å². The van der Waals surface area contributed by atoms with Crippen LogP contribution in [0.5, 0.6) is 5.75 Å². The van der Waals surface area contributed by atoms with E-state index in [1.807, 2.05) is 0 Å². The molecule has 7 nitrogen and oxygen atoms in total. The van der Waals surface area contributed by atoms with E-state index in [1.165, 1.54) is 30.7 Å². The number of alkyl halides is 2. The summed E-state index contributed by atoms with van der Waals surface area (Å²) in [5, 5.41) is 0. The zero-order chi connectivity index (χ0) is 20.7. The predicted molar refractivity (Wildman–Crippen MR) is 98.9 cm³/mol. The van der Waals surface area contributed by atoms with Crippen LogP contribution in [0.25, 0.3) is 0 Å². The lowest BCUT2D eigenvalue weighted by molar-refractivity contribution is -0.139. The van der Waals surface area contributed by atoms with E-state index in [-0.39, 0.29) is 31.1 Å². The Bertz CT molecular complexity index is 743. The molecule has 0 aliphatic carbocycles. The van der Waals surface area contributed by atoms with Gasteiger partial charge in [-0.05, 0) is 37.1 Å². The van der Waals surface area contributed by atoms with Gasteiger partial charge < -0.3 is 14.4 Å². The Morgan fingerprint density at radius 2 is 1.96 bits per heavy atom. The Kier molecular flexibility index (Phi) is 8.14. The van der Waals surface area contributed by atoms with Crippen molar-refractivity contribution in [2.24, 2.45) is 5.92 Å². The van der Waals surface area contributed by atoms with Gasteiger partial charge in [-0.1, -0.05) is 0 Å². The number of ether oxygens (including phenoxy) is 2. The van der Waals surface area contributed by atoms with Crippen molar-refractivity contribution in [2.45, 2.75) is 24.2 Å². The monoisotopic (exact) mass is 420 g/mol. The van der Waals surface area contributed by atoms with E-state index >= 15 is 0 Å². The Hall–Kier alpha value is -1.78. The van der Waals surface area contributed by atoms with Gasteiger partial charge >= 0.3 is 0 Å². The second-order valence-electron chi connectivity index (χ2n) is 6.55. The minimum atomic E-state index is -3.78. The van der Waals surface area contributed by atoms with Crippen LogP contribution in [0, 0.1) is 5.92 Å². The van der Waals surface area contributed by atoms with Gasteiger partial charge in [0.1, 0.15) is 5.75 Å². The molecule has 0 radical (unpaired) electrons. The Morgan fingerprint density at radius 1 is 1.29 bits per heavy atom. The highest BCUT2D eigenvalue weighted by Gasteiger charge is 2.35. The highest BCUT2D eigenvalue weighted by molar-refractivity contribution is 7.89. The van der Waals surface area contributed by atoms with Crippen molar-refractivity contribution < 1.29 is 31.5 Å². The number of sulfonamides is 1. The van der Waals surface area contributed by atoms with Gasteiger partial charge in [-0.3, -0.25) is 4.79 Å². The van der Waals surface area contributed by atoms with Crippen LogP contribution in [0.1, 0.15) is 12.8 Å². The molecule has 0 aromatic heterocycles. The normalized spacial score (nSPS) is 18.2. The number of halogens is 2. The first-order valence-electron chi connectivity index (χ1n) is 8.99. The maximum atomic E-state index is 12.9. The van der Waals surface area contributed by atoms with Crippen molar-refractivity contribution in [3.05, 3.63) is 24.3 Å². The van der Waals surface area contributed by atoms with Crippen molar-refractivity contribution in [3.63, 3.8) is 0 Å². The summed E-state index contributed by atoms with van der Waals surface area (Å²) < 4.78 is 62.6. The fraction of sp³-hybridized carbons (Fsp3) is 0.611. The molecule has 1 aromatic carbocycles. The zero-order valence-electron chi connectivity index (χ0n) is 16.0. The minimum Gasteiger partial charge on any atom is -0.497 e. The molecule has 0 saturated carbocycles. The lowest BCUT2D eigenvalue weighted by Crippen LogP contribution is -2.48. The number of hydrogen-bond acceptors (Lipinski definition) is 5. The molecule has 1 saturated heterocycles. The van der Waals surface area contributed by atoms with Crippen LogP contribution < -0.4 is 4.74 Å². The van der Waals surface area contributed by atoms with Crippen LogP contribution in [-0.2, 0) is 19.6 Å². The topological polar surface area (TPSA) is 76.2 Å². The summed E-state index contributed by atoms with van der Waals surface area (Å²) in [4.78, 5) is 13.9. The number of methoxy groups -OCH3 is 2. The van der Waals surface area contributed by atoms with Crippen LogP contribution in [-0.4, -0.2) is 77.0 Å². The maximum absolute atomic E-state index is 12.9. The second-order valence-corrected chi connectivity index (χ2v) is 8.48. The molecule has 2 rings (SSSR count). The smallest absolute Gasteiger partial charge is 0.255 e. The van der Waals surface area contributed by atoms with Crippen LogP contribution in [0.2, 0.25) is 0 Å². The lowest BCUT2D eigenvalue weighted by Gasteiger charge is -2.34. The van der Waals surface area contributed by atoms with Crippen molar-refractivity contribution in [3.8, 4) is 5.75 Å². The summed E-state index contributed by atoms with van der Waals surface area (Å²) in [5.74, 6) is -0.587. The first-order valence-corrected chi connectivity index (χ1v) is 10.4. The van der Waals surface area contributed by atoms with Crippen LogP contribution >= 0.6 is 0 Å². The van der Waals surface area contributed by atoms with E-state index in [0.29, 0.717) is 18.6 Å². The van der Waals surface area contributed by atoms with E-state index in [9.17, 15) is 22.0 Å². The number of carbonyl (C=O) groups excluding carboxylic acids is 1. The van der Waals surface area contributed by atoms with Gasteiger partial charge in [-0.2, -0.15) is 4.31 Å². The minimum absolute atomic E-state index is 0.0279. The summed E-state index contributed by atoms with van der Waals surface area (Å²) >= 11 is 0. The van der Waals surface area contributed by atoms with E-state index < -0.39 is 34.8 Å². The van der Waals surface area contributed by atoms with Crippen molar-refractivity contribution >= 4 is 15.9 Å². The fourth-order valence-corrected chi connectivity index (χ4v) is 4.70. The molecule has 0 bridgehead atoms. The number of rotatable bonds is 9. The molecule has 1 amide bonds. The molecule has 1 aliphatic heterocycles. The SMILES string of the molecule is COCCN(CC(F)F)C(=O)C1CCCN(S(=O)(=O)c2ccc(OC)cc2)C1. The van der Waals surface area contributed by atoms with Gasteiger partial charge in [0, 0.05) is 26.7 Å². The molecule has 1 heterocycles. The van der Waals surface area contributed by atoms with Crippen molar-refractivity contribution in [1.29, 1.82) is 0 Å². The molecule has 158 valence electrons. The molecule has 1 fully saturated rings. The molecule has 1 aliphatic rings. The Balaban J connectivity index is 2.13. The quantitative estimate of drug-likeness (QED) is 0.609. The van der Waals surface area contributed by atoms with Gasteiger partial charge in [0.05, 0.1) is 31.1 Å². The summed E-state index contributed by atoms with van der Waals surface area (Å²) in [6.45, 7) is -0.255. The molecule has 10 heteroatoms. The van der Waals surface area contributed by atoms with Gasteiger partial charge in [0.15, 0.2) is 0 Å². The highest BCUT2D eigenvalue weighted by Crippen LogP contribution is 2.26. The summed E-state index contributed by atoms with van der Waals surface area (Å²) in [7, 11) is -0.874. The average Bonchev–Trinajstić information content (AvgIpc) is 2.70. The first kappa shape index (κ1) is 22.5. The molecule has 0 N–H and O–H groups in total. The van der Waals surface area contributed by atoms with Gasteiger partial charge in [-0.25, -0.2) is 17.2 Å². The number of amides is 1. The number of hydrogen-bond donors (Lipinski definition) is 0. The van der Waals surface area contributed by atoms with Crippen molar-refractivity contribution in [1.82, 2.24) is 9.21 Å². The first-order chi connectivity index (χ1) is 13.3. The molecule has 1 aromatic rings. The number of piperidine rings is 1. The average molecular weight is 420 g/mol. The van der Waals surface area contributed by atoms with Crippen molar-refractivity contribution in [2.75, 3.05) is 47.0 Å². The predicted octanol–water partition coefficient (Wildman–Crippen LogP) is 1.84. The van der Waals surface area contributed by atoms with Gasteiger partial charge in [-0.15, -0.1) is 0 Å². The van der Waals surface area contributed by atoms with Crippen LogP contribution in [0.3, 0.4) is 0 Å². The van der Waals surface area contributed by atoms with E-state index in [4.69, 9.17) is 9.47 Å². The van der Waals surface area contributed by atoms with Gasteiger partial charge in [0.25, 0.3) is 6.43 Å².